The van der Waals surface area contributed by atoms with Crippen molar-refractivity contribution in [3.05, 3.63) is 66.2 Å². The van der Waals surface area contributed by atoms with Gasteiger partial charge in [0.1, 0.15) is 5.75 Å². The first-order chi connectivity index (χ1) is 10.7. The second-order valence-corrected chi connectivity index (χ2v) is 5.76. The molecule has 0 radical (unpaired) electrons. The Labute approximate surface area is 132 Å². The molecule has 0 aromatic heterocycles. The minimum atomic E-state index is 0.905. The third kappa shape index (κ3) is 2.70. The largest absolute Gasteiger partial charge is 0.496 e. The third-order valence-electron chi connectivity index (χ3n) is 3.88. The number of benzene rings is 3. The molecule has 3 aromatic carbocycles. The van der Waals surface area contributed by atoms with Crippen LogP contribution in [0, 0.1) is 0 Å². The molecule has 3 aromatic rings. The lowest BCUT2D eigenvalue weighted by atomic mass is 9.93. The van der Waals surface area contributed by atoms with E-state index in [4.69, 9.17) is 4.74 Å². The van der Waals surface area contributed by atoms with E-state index in [0.717, 1.165) is 12.3 Å². The number of ether oxygens (including phenoxy) is 1. The maximum absolute atomic E-state index is 5.65. The van der Waals surface area contributed by atoms with Gasteiger partial charge in [0.25, 0.3) is 0 Å². The molecule has 0 amide bonds. The van der Waals surface area contributed by atoms with E-state index in [2.05, 4.69) is 79.7 Å². The van der Waals surface area contributed by atoms with Crippen molar-refractivity contribution in [3.8, 4) is 16.9 Å². The predicted octanol–water partition coefficient (Wildman–Crippen LogP) is 4.58. The zero-order valence-corrected chi connectivity index (χ0v) is 13.3. The van der Waals surface area contributed by atoms with E-state index >= 15 is 0 Å². The maximum atomic E-state index is 5.65. The molecular formula is C20H21NO. The van der Waals surface area contributed by atoms with Gasteiger partial charge in [0.2, 0.25) is 0 Å². The van der Waals surface area contributed by atoms with Crippen molar-refractivity contribution >= 4 is 10.8 Å². The fourth-order valence-corrected chi connectivity index (χ4v) is 2.94. The number of methoxy groups -OCH3 is 1. The van der Waals surface area contributed by atoms with Gasteiger partial charge in [-0.15, -0.1) is 0 Å². The zero-order valence-electron chi connectivity index (χ0n) is 13.3. The Kier molecular flexibility index (Phi) is 4.12. The highest BCUT2D eigenvalue weighted by Gasteiger charge is 2.14. The summed E-state index contributed by atoms with van der Waals surface area (Å²) in [4.78, 5) is 2.19. The molecule has 0 heterocycles. The average Bonchev–Trinajstić information content (AvgIpc) is 2.54. The molecule has 0 atom stereocenters. The van der Waals surface area contributed by atoms with Crippen LogP contribution in [0.1, 0.15) is 5.56 Å². The molecule has 2 nitrogen and oxygen atoms in total. The van der Waals surface area contributed by atoms with Crippen LogP contribution in [0.5, 0.6) is 5.75 Å². The topological polar surface area (TPSA) is 12.5 Å². The fourth-order valence-electron chi connectivity index (χ4n) is 2.94. The molecule has 0 saturated heterocycles. The van der Waals surface area contributed by atoms with Gasteiger partial charge in [0.15, 0.2) is 0 Å². The molecule has 3 rings (SSSR count). The number of hydrogen-bond acceptors (Lipinski definition) is 2. The molecule has 0 bridgehead atoms. The van der Waals surface area contributed by atoms with Gasteiger partial charge in [-0.1, -0.05) is 54.6 Å². The summed E-state index contributed by atoms with van der Waals surface area (Å²) in [6, 6.07) is 21.2. The summed E-state index contributed by atoms with van der Waals surface area (Å²) >= 11 is 0. The number of nitrogens with zero attached hydrogens (tertiary/aromatic N) is 1. The highest BCUT2D eigenvalue weighted by molar-refractivity contribution is 6.00. The molecule has 0 unspecified atom stereocenters. The zero-order chi connectivity index (χ0) is 15.5. The predicted molar refractivity (Wildman–Crippen MR) is 93.3 cm³/mol. The normalized spacial score (nSPS) is 11.1. The minimum Gasteiger partial charge on any atom is -0.496 e. The van der Waals surface area contributed by atoms with E-state index in [9.17, 15) is 0 Å². The van der Waals surface area contributed by atoms with Gasteiger partial charge in [-0.05, 0) is 42.1 Å². The second kappa shape index (κ2) is 6.20. The Morgan fingerprint density at radius 2 is 1.59 bits per heavy atom. The SMILES string of the molecule is COc1ccc2ccccc2c1-c1ccccc1CN(C)C. The second-order valence-electron chi connectivity index (χ2n) is 5.76. The van der Waals surface area contributed by atoms with E-state index in [1.807, 2.05) is 0 Å². The van der Waals surface area contributed by atoms with E-state index in [1.165, 1.54) is 27.5 Å². The Bertz CT molecular complexity index is 793. The first kappa shape index (κ1) is 14.6. The monoisotopic (exact) mass is 291 g/mol. The summed E-state index contributed by atoms with van der Waals surface area (Å²) < 4.78 is 5.65. The molecule has 0 spiro atoms. The number of fused-ring (bicyclic) bond motifs is 1. The Morgan fingerprint density at radius 1 is 0.864 bits per heavy atom. The maximum Gasteiger partial charge on any atom is 0.127 e. The van der Waals surface area contributed by atoms with Crippen LogP contribution in [0.4, 0.5) is 0 Å². The van der Waals surface area contributed by atoms with E-state index in [0.29, 0.717) is 0 Å². The van der Waals surface area contributed by atoms with Gasteiger partial charge < -0.3 is 9.64 Å². The minimum absolute atomic E-state index is 0.905. The summed E-state index contributed by atoms with van der Waals surface area (Å²) in [6.45, 7) is 0.905. The average molecular weight is 291 g/mol. The van der Waals surface area contributed by atoms with Gasteiger partial charge in [-0.3, -0.25) is 0 Å². The highest BCUT2D eigenvalue weighted by atomic mass is 16.5. The van der Waals surface area contributed by atoms with Crippen LogP contribution in [-0.2, 0) is 6.54 Å². The third-order valence-corrected chi connectivity index (χ3v) is 3.88. The van der Waals surface area contributed by atoms with E-state index in [-0.39, 0.29) is 0 Å². The van der Waals surface area contributed by atoms with Crippen molar-refractivity contribution in [1.82, 2.24) is 4.90 Å². The number of rotatable bonds is 4. The molecule has 0 N–H and O–H groups in total. The lowest BCUT2D eigenvalue weighted by Crippen LogP contribution is -2.11. The summed E-state index contributed by atoms with van der Waals surface area (Å²) in [5.74, 6) is 0.921. The quantitative estimate of drug-likeness (QED) is 0.698. The van der Waals surface area contributed by atoms with Crippen LogP contribution in [0.15, 0.2) is 60.7 Å². The van der Waals surface area contributed by atoms with Crippen LogP contribution in [0.2, 0.25) is 0 Å². The van der Waals surface area contributed by atoms with Crippen LogP contribution in [0.25, 0.3) is 21.9 Å². The van der Waals surface area contributed by atoms with Crippen molar-refractivity contribution in [3.63, 3.8) is 0 Å². The Hall–Kier alpha value is -2.32. The van der Waals surface area contributed by atoms with Crippen LogP contribution in [0.3, 0.4) is 0 Å². The molecule has 0 aliphatic rings. The van der Waals surface area contributed by atoms with Crippen LogP contribution < -0.4 is 4.74 Å². The summed E-state index contributed by atoms with van der Waals surface area (Å²) in [7, 11) is 5.93. The molecule has 0 fully saturated rings. The molecule has 0 aliphatic carbocycles. The van der Waals surface area contributed by atoms with Gasteiger partial charge in [-0.2, -0.15) is 0 Å². The fraction of sp³-hybridized carbons (Fsp3) is 0.200. The summed E-state index contributed by atoms with van der Waals surface area (Å²) in [5, 5.41) is 2.46. The first-order valence-electron chi connectivity index (χ1n) is 7.49. The Balaban J connectivity index is 2.30. The molecule has 0 aliphatic heterocycles. The summed E-state index contributed by atoms with van der Waals surface area (Å²) in [6.07, 6.45) is 0. The van der Waals surface area contributed by atoms with E-state index in [1.54, 1.807) is 7.11 Å². The van der Waals surface area contributed by atoms with Crippen molar-refractivity contribution < 1.29 is 4.74 Å². The molecule has 112 valence electrons. The van der Waals surface area contributed by atoms with Gasteiger partial charge in [0.05, 0.1) is 7.11 Å². The highest BCUT2D eigenvalue weighted by Crippen LogP contribution is 2.38. The van der Waals surface area contributed by atoms with Gasteiger partial charge in [-0.25, -0.2) is 0 Å². The van der Waals surface area contributed by atoms with Gasteiger partial charge >= 0.3 is 0 Å². The van der Waals surface area contributed by atoms with Crippen molar-refractivity contribution in [2.24, 2.45) is 0 Å². The van der Waals surface area contributed by atoms with E-state index < -0.39 is 0 Å². The standard InChI is InChI=1S/C20H21NO/c1-21(2)14-16-9-5-7-11-18(16)20-17-10-6-4-8-15(17)12-13-19(20)22-3/h4-13H,14H2,1-3H3. The smallest absolute Gasteiger partial charge is 0.127 e. The lowest BCUT2D eigenvalue weighted by Gasteiger charge is -2.18. The van der Waals surface area contributed by atoms with Gasteiger partial charge in [0, 0.05) is 12.1 Å². The summed E-state index contributed by atoms with van der Waals surface area (Å²) in [5.41, 5.74) is 3.73. The van der Waals surface area contributed by atoms with Crippen molar-refractivity contribution in [2.75, 3.05) is 21.2 Å². The molecular weight excluding hydrogens is 270 g/mol. The number of hydrogen-bond donors (Lipinski definition) is 0. The lowest BCUT2D eigenvalue weighted by molar-refractivity contribution is 0.402. The van der Waals surface area contributed by atoms with Crippen molar-refractivity contribution in [1.29, 1.82) is 0 Å². The Morgan fingerprint density at radius 3 is 2.36 bits per heavy atom. The molecule has 2 heteroatoms. The van der Waals surface area contributed by atoms with Crippen LogP contribution >= 0.6 is 0 Å². The van der Waals surface area contributed by atoms with Crippen molar-refractivity contribution in [2.45, 2.75) is 6.54 Å². The molecule has 22 heavy (non-hydrogen) atoms. The van der Waals surface area contributed by atoms with Crippen LogP contribution in [-0.4, -0.2) is 26.1 Å². The first-order valence-corrected chi connectivity index (χ1v) is 7.49. The molecule has 0 saturated carbocycles.